The summed E-state index contributed by atoms with van der Waals surface area (Å²) in [5, 5.41) is 26.1. The van der Waals surface area contributed by atoms with E-state index in [2.05, 4.69) is 4.74 Å². The molecule has 6 nitrogen and oxygen atoms in total. The fourth-order valence-electron chi connectivity index (χ4n) is 0.626. The number of aliphatic carboxylic acids is 1. The zero-order valence-electron chi connectivity index (χ0n) is 8.22. The van der Waals surface area contributed by atoms with E-state index in [0.29, 0.717) is 0 Å². The van der Waals surface area contributed by atoms with Crippen LogP contribution in [0.15, 0.2) is 0 Å². The number of rotatable bonds is 3. The molecule has 3 N–H and O–H groups in total. The molecule has 0 fully saturated rings. The van der Waals surface area contributed by atoms with E-state index >= 15 is 0 Å². The molecule has 0 aromatic heterocycles. The minimum atomic E-state index is -2.16. The second kappa shape index (κ2) is 4.39. The number of aliphatic hydroxyl groups is 2. The molecule has 0 amide bonds. The van der Waals surface area contributed by atoms with Crippen molar-refractivity contribution in [3.63, 3.8) is 0 Å². The van der Waals surface area contributed by atoms with Gasteiger partial charge in [0.15, 0.2) is 12.2 Å². The van der Waals surface area contributed by atoms with Gasteiger partial charge in [-0.15, -0.1) is 0 Å². The summed E-state index contributed by atoms with van der Waals surface area (Å²) >= 11 is 0. The van der Waals surface area contributed by atoms with E-state index in [1.54, 1.807) is 20.8 Å². The normalized spacial score (nSPS) is 15.8. The van der Waals surface area contributed by atoms with Crippen molar-refractivity contribution in [1.29, 1.82) is 0 Å². The SMILES string of the molecule is CC(C)(C)OC(=O)[C@H](O)[C@H](O)C(=O)O. The van der Waals surface area contributed by atoms with Crippen molar-refractivity contribution in [3.8, 4) is 0 Å². The van der Waals surface area contributed by atoms with Crippen molar-refractivity contribution < 1.29 is 29.6 Å². The number of carboxylic acid groups (broad SMARTS) is 1. The Kier molecular flexibility index (Phi) is 4.03. The maximum Gasteiger partial charge on any atom is 0.338 e. The Balaban J connectivity index is 4.33. The third kappa shape index (κ3) is 4.20. The van der Waals surface area contributed by atoms with Crippen LogP contribution >= 0.6 is 0 Å². The van der Waals surface area contributed by atoms with Gasteiger partial charge in [-0.25, -0.2) is 9.59 Å². The van der Waals surface area contributed by atoms with E-state index in [0.717, 1.165) is 0 Å². The van der Waals surface area contributed by atoms with Gasteiger partial charge in [-0.1, -0.05) is 0 Å². The van der Waals surface area contributed by atoms with E-state index in [-0.39, 0.29) is 0 Å². The van der Waals surface area contributed by atoms with Crippen molar-refractivity contribution in [2.75, 3.05) is 0 Å². The van der Waals surface area contributed by atoms with Crippen LogP contribution in [0.4, 0.5) is 0 Å². The van der Waals surface area contributed by atoms with Crippen molar-refractivity contribution in [2.24, 2.45) is 0 Å². The van der Waals surface area contributed by atoms with E-state index in [9.17, 15) is 9.59 Å². The van der Waals surface area contributed by atoms with Crippen LogP contribution < -0.4 is 0 Å². The number of carbonyl (C=O) groups excluding carboxylic acids is 1. The molecule has 82 valence electrons. The Morgan fingerprint density at radius 1 is 1.14 bits per heavy atom. The number of esters is 1. The van der Waals surface area contributed by atoms with Crippen molar-refractivity contribution in [1.82, 2.24) is 0 Å². The van der Waals surface area contributed by atoms with Crippen LogP contribution in [0, 0.1) is 0 Å². The quantitative estimate of drug-likeness (QED) is 0.519. The third-order valence-electron chi connectivity index (χ3n) is 1.20. The summed E-state index contributed by atoms with van der Waals surface area (Å²) in [7, 11) is 0. The van der Waals surface area contributed by atoms with Crippen LogP contribution in [-0.4, -0.2) is 45.1 Å². The molecule has 0 saturated heterocycles. The van der Waals surface area contributed by atoms with Gasteiger partial charge in [-0.3, -0.25) is 0 Å². The lowest BCUT2D eigenvalue weighted by Crippen LogP contribution is -2.43. The molecule has 0 heterocycles. The van der Waals surface area contributed by atoms with Gasteiger partial charge in [0.25, 0.3) is 0 Å². The van der Waals surface area contributed by atoms with Crippen LogP contribution in [0.2, 0.25) is 0 Å². The molecule has 6 heteroatoms. The van der Waals surface area contributed by atoms with Gasteiger partial charge in [0, 0.05) is 0 Å². The summed E-state index contributed by atoms with van der Waals surface area (Å²) in [6.07, 6.45) is -4.23. The van der Waals surface area contributed by atoms with Crippen molar-refractivity contribution in [3.05, 3.63) is 0 Å². The molecule has 0 aliphatic carbocycles. The van der Waals surface area contributed by atoms with E-state index in [4.69, 9.17) is 15.3 Å². The lowest BCUT2D eigenvalue weighted by atomic mass is 10.1. The Morgan fingerprint density at radius 3 is 1.86 bits per heavy atom. The van der Waals surface area contributed by atoms with Crippen LogP contribution in [0.3, 0.4) is 0 Å². The van der Waals surface area contributed by atoms with Crippen molar-refractivity contribution in [2.45, 2.75) is 38.6 Å². The number of aliphatic hydroxyl groups excluding tert-OH is 2. The Morgan fingerprint density at radius 2 is 1.57 bits per heavy atom. The number of carboxylic acids is 1. The monoisotopic (exact) mass is 206 g/mol. The molecule has 0 aliphatic heterocycles. The highest BCUT2D eigenvalue weighted by molar-refractivity contribution is 5.84. The topological polar surface area (TPSA) is 104 Å². The molecule has 0 aromatic carbocycles. The molecule has 0 aromatic rings. The van der Waals surface area contributed by atoms with Gasteiger partial charge < -0.3 is 20.1 Å². The van der Waals surface area contributed by atoms with Gasteiger partial charge in [0.05, 0.1) is 0 Å². The first-order chi connectivity index (χ1) is 6.15. The predicted octanol–water partition coefficient (Wildman–Crippen LogP) is -0.866. The summed E-state index contributed by atoms with van der Waals surface area (Å²) in [4.78, 5) is 21.2. The minimum Gasteiger partial charge on any atom is -0.479 e. The lowest BCUT2D eigenvalue weighted by molar-refractivity contribution is -0.177. The predicted molar refractivity (Wildman–Crippen MR) is 45.5 cm³/mol. The van der Waals surface area contributed by atoms with Crippen LogP contribution in [0.25, 0.3) is 0 Å². The number of hydrogen-bond donors (Lipinski definition) is 3. The largest absolute Gasteiger partial charge is 0.479 e. The second-order valence-electron chi connectivity index (χ2n) is 3.76. The lowest BCUT2D eigenvalue weighted by Gasteiger charge is -2.22. The summed E-state index contributed by atoms with van der Waals surface area (Å²) in [5.41, 5.74) is -0.837. The summed E-state index contributed by atoms with van der Waals surface area (Å²) in [6, 6.07) is 0. The number of carbonyl (C=O) groups is 2. The molecule has 0 aliphatic rings. The fraction of sp³-hybridized carbons (Fsp3) is 0.750. The first-order valence-corrected chi connectivity index (χ1v) is 3.97. The zero-order valence-corrected chi connectivity index (χ0v) is 8.22. The first-order valence-electron chi connectivity index (χ1n) is 3.97. The smallest absolute Gasteiger partial charge is 0.338 e. The summed E-state index contributed by atoms with van der Waals surface area (Å²) < 4.78 is 4.66. The molecule has 0 bridgehead atoms. The molecule has 0 spiro atoms. The average Bonchev–Trinajstić information content (AvgIpc) is 1.98. The zero-order chi connectivity index (χ0) is 11.5. The van der Waals surface area contributed by atoms with Gasteiger partial charge in [0.1, 0.15) is 5.60 Å². The molecular weight excluding hydrogens is 192 g/mol. The van der Waals surface area contributed by atoms with E-state index in [1.165, 1.54) is 0 Å². The number of hydrogen-bond acceptors (Lipinski definition) is 5. The fourth-order valence-corrected chi connectivity index (χ4v) is 0.626. The highest BCUT2D eigenvalue weighted by Gasteiger charge is 2.33. The summed E-state index contributed by atoms with van der Waals surface area (Å²) in [6.45, 7) is 4.68. The first kappa shape index (κ1) is 12.9. The van der Waals surface area contributed by atoms with Crippen LogP contribution in [0.1, 0.15) is 20.8 Å². The Labute approximate surface area is 81.1 Å². The van der Waals surface area contributed by atoms with E-state index < -0.39 is 29.7 Å². The summed E-state index contributed by atoms with van der Waals surface area (Å²) in [5.74, 6) is -2.84. The van der Waals surface area contributed by atoms with E-state index in [1.807, 2.05) is 0 Å². The van der Waals surface area contributed by atoms with Crippen molar-refractivity contribution >= 4 is 11.9 Å². The molecule has 0 radical (unpaired) electrons. The minimum absolute atomic E-state index is 0.837. The van der Waals surface area contributed by atoms with Crippen LogP contribution in [0.5, 0.6) is 0 Å². The highest BCUT2D eigenvalue weighted by atomic mass is 16.6. The molecule has 0 unspecified atom stereocenters. The number of ether oxygens (including phenoxy) is 1. The Bertz CT molecular complexity index is 228. The standard InChI is InChI=1S/C8H14O6/c1-8(2,3)14-7(13)5(10)4(9)6(11)12/h4-5,9-10H,1-3H3,(H,11,12)/t4-,5+/m0/s1. The Hall–Kier alpha value is -1.14. The van der Waals surface area contributed by atoms with Gasteiger partial charge >= 0.3 is 11.9 Å². The van der Waals surface area contributed by atoms with Gasteiger partial charge in [-0.2, -0.15) is 0 Å². The third-order valence-corrected chi connectivity index (χ3v) is 1.20. The van der Waals surface area contributed by atoms with Gasteiger partial charge in [0.2, 0.25) is 0 Å². The van der Waals surface area contributed by atoms with Gasteiger partial charge in [-0.05, 0) is 20.8 Å². The second-order valence-corrected chi connectivity index (χ2v) is 3.76. The average molecular weight is 206 g/mol. The van der Waals surface area contributed by atoms with Crippen LogP contribution in [-0.2, 0) is 14.3 Å². The maximum absolute atomic E-state index is 11.0. The molecule has 0 saturated carbocycles. The molecule has 0 rings (SSSR count). The molecule has 14 heavy (non-hydrogen) atoms. The highest BCUT2D eigenvalue weighted by Crippen LogP contribution is 2.09. The molecular formula is C8H14O6. The molecule has 2 atom stereocenters. The maximum atomic E-state index is 11.0.